The summed E-state index contributed by atoms with van der Waals surface area (Å²) in [6.07, 6.45) is 7.14. The molecule has 0 saturated heterocycles. The number of hydrogen-bond donors (Lipinski definition) is 1. The number of ether oxygens (including phenoxy) is 1. The molecule has 0 radical (unpaired) electrons. The van der Waals surface area contributed by atoms with Crippen molar-refractivity contribution in [3.8, 4) is 0 Å². The average Bonchev–Trinajstić information content (AvgIpc) is 2.62. The number of sulfonamides is 1. The minimum atomic E-state index is -3.65. The molecule has 26 heavy (non-hydrogen) atoms. The highest BCUT2D eigenvalue weighted by Gasteiger charge is 2.22. The normalized spacial score (nSPS) is 16.0. The van der Waals surface area contributed by atoms with Crippen LogP contribution in [0.4, 0.5) is 0 Å². The van der Waals surface area contributed by atoms with Crippen LogP contribution in [0.15, 0.2) is 29.2 Å². The molecule has 0 heterocycles. The summed E-state index contributed by atoms with van der Waals surface area (Å²) >= 11 is 0. The fraction of sp³-hybridized carbons (Fsp3) is 0.632. The van der Waals surface area contributed by atoms with Crippen molar-refractivity contribution >= 4 is 15.9 Å². The molecular weight excluding hydrogens is 352 g/mol. The minimum Gasteiger partial charge on any atom is -0.378 e. The summed E-state index contributed by atoms with van der Waals surface area (Å²) < 4.78 is 31.8. The number of aryl methyl sites for hydroxylation is 1. The number of amides is 1. The van der Waals surface area contributed by atoms with Gasteiger partial charge in [0.15, 0.2) is 0 Å². The number of carbonyl (C=O) groups excluding carboxylic acids is 1. The minimum absolute atomic E-state index is 0.194. The monoisotopic (exact) mass is 382 g/mol. The Morgan fingerprint density at radius 3 is 2.50 bits per heavy atom. The van der Waals surface area contributed by atoms with Crippen LogP contribution in [0.1, 0.15) is 44.1 Å². The Labute approximate surface area is 157 Å². The van der Waals surface area contributed by atoms with E-state index in [0.717, 1.165) is 29.1 Å². The molecule has 1 N–H and O–H groups in total. The third-order valence-electron chi connectivity index (χ3n) is 4.64. The van der Waals surface area contributed by atoms with Crippen LogP contribution in [0.5, 0.6) is 0 Å². The van der Waals surface area contributed by atoms with Crippen molar-refractivity contribution in [3.63, 3.8) is 0 Å². The Kier molecular flexibility index (Phi) is 8.06. The maximum absolute atomic E-state index is 12.5. The van der Waals surface area contributed by atoms with Gasteiger partial charge in [-0.3, -0.25) is 4.79 Å². The number of benzene rings is 1. The van der Waals surface area contributed by atoms with Crippen molar-refractivity contribution in [2.45, 2.75) is 56.4 Å². The van der Waals surface area contributed by atoms with Gasteiger partial charge in [0.05, 0.1) is 17.5 Å². The van der Waals surface area contributed by atoms with Crippen LogP contribution in [0.2, 0.25) is 0 Å². The van der Waals surface area contributed by atoms with E-state index in [1.807, 2.05) is 6.92 Å². The highest BCUT2D eigenvalue weighted by atomic mass is 32.2. The third-order valence-corrected chi connectivity index (χ3v) is 6.46. The first-order valence-corrected chi connectivity index (χ1v) is 10.7. The van der Waals surface area contributed by atoms with Crippen molar-refractivity contribution in [1.29, 1.82) is 0 Å². The van der Waals surface area contributed by atoms with E-state index in [9.17, 15) is 13.2 Å². The zero-order valence-electron chi connectivity index (χ0n) is 15.7. The van der Waals surface area contributed by atoms with E-state index in [2.05, 4.69) is 5.32 Å². The molecule has 0 unspecified atom stereocenters. The number of carbonyl (C=O) groups is 1. The fourth-order valence-corrected chi connectivity index (χ4v) is 4.14. The molecule has 6 nitrogen and oxygen atoms in total. The first-order chi connectivity index (χ1) is 12.4. The Morgan fingerprint density at radius 1 is 1.19 bits per heavy atom. The summed E-state index contributed by atoms with van der Waals surface area (Å²) in [7, 11) is -2.24. The Hall–Kier alpha value is -1.44. The number of hydrogen-bond acceptors (Lipinski definition) is 4. The predicted octanol–water partition coefficient (Wildman–Crippen LogP) is 2.47. The lowest BCUT2D eigenvalue weighted by Crippen LogP contribution is -2.38. The van der Waals surface area contributed by atoms with E-state index < -0.39 is 10.0 Å². The van der Waals surface area contributed by atoms with Crippen LogP contribution >= 0.6 is 0 Å². The molecule has 1 aromatic rings. The van der Waals surface area contributed by atoms with Gasteiger partial charge < -0.3 is 10.1 Å². The van der Waals surface area contributed by atoms with Crippen LogP contribution < -0.4 is 5.32 Å². The number of rotatable bonds is 9. The van der Waals surface area contributed by atoms with Gasteiger partial charge in [0, 0.05) is 20.2 Å². The molecule has 0 bridgehead atoms. The maximum atomic E-state index is 12.5. The fourth-order valence-electron chi connectivity index (χ4n) is 3.02. The second-order valence-electron chi connectivity index (χ2n) is 6.91. The van der Waals surface area contributed by atoms with Crippen LogP contribution in [-0.2, 0) is 19.6 Å². The highest BCUT2D eigenvalue weighted by Crippen LogP contribution is 2.20. The standard InChI is InChI=1S/C19H30N2O4S/c1-16-9-11-18(12-10-16)26(23,24)21(2)15-19(22)20-13-6-14-25-17-7-4-3-5-8-17/h9-12,17H,3-8,13-15H2,1-2H3,(H,20,22). The van der Waals surface area contributed by atoms with Crippen molar-refractivity contribution < 1.29 is 17.9 Å². The molecule has 0 atom stereocenters. The van der Waals surface area contributed by atoms with Crippen LogP contribution in [0.3, 0.4) is 0 Å². The van der Waals surface area contributed by atoms with E-state index >= 15 is 0 Å². The molecule has 0 aromatic heterocycles. The van der Waals surface area contributed by atoms with Gasteiger partial charge in [-0.25, -0.2) is 8.42 Å². The molecule has 1 aromatic carbocycles. The molecular formula is C19H30N2O4S. The Morgan fingerprint density at radius 2 is 1.85 bits per heavy atom. The SMILES string of the molecule is Cc1ccc(S(=O)(=O)N(C)CC(=O)NCCCOC2CCCCC2)cc1. The van der Waals surface area contributed by atoms with Gasteiger partial charge in [-0.2, -0.15) is 4.31 Å². The highest BCUT2D eigenvalue weighted by molar-refractivity contribution is 7.89. The molecule has 2 rings (SSSR count). The van der Waals surface area contributed by atoms with E-state index in [1.165, 1.54) is 26.3 Å². The van der Waals surface area contributed by atoms with Gasteiger partial charge in [-0.05, 0) is 38.3 Å². The average molecular weight is 383 g/mol. The zero-order valence-corrected chi connectivity index (χ0v) is 16.6. The number of nitrogens with zero attached hydrogens (tertiary/aromatic N) is 1. The van der Waals surface area contributed by atoms with Crippen LogP contribution in [0, 0.1) is 6.92 Å². The summed E-state index contributed by atoms with van der Waals surface area (Å²) in [6, 6.07) is 6.60. The van der Waals surface area contributed by atoms with Crippen molar-refractivity contribution in [2.24, 2.45) is 0 Å². The van der Waals surface area contributed by atoms with Gasteiger partial charge in [0.25, 0.3) is 0 Å². The second kappa shape index (κ2) is 10.0. The summed E-state index contributed by atoms with van der Waals surface area (Å²) in [5.41, 5.74) is 0.986. The first-order valence-electron chi connectivity index (χ1n) is 9.31. The quantitative estimate of drug-likeness (QED) is 0.666. The van der Waals surface area contributed by atoms with E-state index in [1.54, 1.807) is 24.3 Å². The van der Waals surface area contributed by atoms with Crippen molar-refractivity contribution in [2.75, 3.05) is 26.7 Å². The van der Waals surface area contributed by atoms with Gasteiger partial charge in [-0.15, -0.1) is 0 Å². The summed E-state index contributed by atoms with van der Waals surface area (Å²) in [6.45, 7) is 2.82. The van der Waals surface area contributed by atoms with E-state index in [4.69, 9.17) is 4.74 Å². The molecule has 1 aliphatic rings. The molecule has 1 aliphatic carbocycles. The molecule has 1 amide bonds. The topological polar surface area (TPSA) is 75.7 Å². The van der Waals surface area contributed by atoms with Gasteiger partial charge in [0.2, 0.25) is 15.9 Å². The molecule has 7 heteroatoms. The van der Waals surface area contributed by atoms with Crippen LogP contribution in [-0.4, -0.2) is 51.5 Å². The summed E-state index contributed by atoms with van der Waals surface area (Å²) in [5.74, 6) is -0.305. The van der Waals surface area contributed by atoms with Gasteiger partial charge in [-0.1, -0.05) is 37.0 Å². The van der Waals surface area contributed by atoms with E-state index in [-0.39, 0.29) is 17.3 Å². The van der Waals surface area contributed by atoms with Crippen LogP contribution in [0.25, 0.3) is 0 Å². The zero-order chi connectivity index (χ0) is 19.0. The lowest BCUT2D eigenvalue weighted by molar-refractivity contribution is -0.121. The smallest absolute Gasteiger partial charge is 0.243 e. The number of nitrogens with one attached hydrogen (secondary N) is 1. The lowest BCUT2D eigenvalue weighted by Gasteiger charge is -2.22. The first kappa shape index (κ1) is 20.9. The Bertz CT molecular complexity index is 667. The Balaban J connectivity index is 1.68. The van der Waals surface area contributed by atoms with E-state index in [0.29, 0.717) is 19.3 Å². The lowest BCUT2D eigenvalue weighted by atomic mass is 9.98. The molecule has 0 aliphatic heterocycles. The van der Waals surface area contributed by atoms with Crippen molar-refractivity contribution in [1.82, 2.24) is 9.62 Å². The predicted molar refractivity (Wildman–Crippen MR) is 101 cm³/mol. The van der Waals surface area contributed by atoms with Gasteiger partial charge in [0.1, 0.15) is 0 Å². The van der Waals surface area contributed by atoms with Gasteiger partial charge >= 0.3 is 0 Å². The summed E-state index contributed by atoms with van der Waals surface area (Å²) in [4.78, 5) is 12.2. The number of likely N-dealkylation sites (N-methyl/N-ethyl adjacent to an activating group) is 1. The summed E-state index contributed by atoms with van der Waals surface area (Å²) in [5, 5.41) is 2.76. The van der Waals surface area contributed by atoms with Crippen molar-refractivity contribution in [3.05, 3.63) is 29.8 Å². The molecule has 0 spiro atoms. The molecule has 1 saturated carbocycles. The maximum Gasteiger partial charge on any atom is 0.243 e. The molecule has 146 valence electrons. The third kappa shape index (κ3) is 6.37. The second-order valence-corrected chi connectivity index (χ2v) is 8.95. The largest absolute Gasteiger partial charge is 0.378 e. The molecule has 1 fully saturated rings.